The molecule has 1 saturated heterocycles. The lowest BCUT2D eigenvalue weighted by Gasteiger charge is -2.33. The standard InChI is InChI=1S/C12H17F2N3O/c1-3-8-7-17(4-5-18-8)12-10(14)6-9(13)11(15-2)16-12/h6,8H,3-5,7H2,1-2H3,(H,15,16). The average molecular weight is 257 g/mol. The first-order chi connectivity index (χ1) is 8.65. The molecular weight excluding hydrogens is 240 g/mol. The van der Waals surface area contributed by atoms with Crippen molar-refractivity contribution in [3.8, 4) is 0 Å². The molecule has 4 nitrogen and oxygen atoms in total. The van der Waals surface area contributed by atoms with Gasteiger partial charge in [0.25, 0.3) is 0 Å². The van der Waals surface area contributed by atoms with Gasteiger partial charge in [0, 0.05) is 26.2 Å². The van der Waals surface area contributed by atoms with Crippen LogP contribution in [-0.2, 0) is 4.74 Å². The van der Waals surface area contributed by atoms with Crippen LogP contribution < -0.4 is 10.2 Å². The number of nitrogens with zero attached hydrogens (tertiary/aromatic N) is 2. The number of aromatic nitrogens is 1. The lowest BCUT2D eigenvalue weighted by atomic mass is 10.2. The maximum Gasteiger partial charge on any atom is 0.168 e. The number of pyridine rings is 1. The minimum Gasteiger partial charge on any atom is -0.375 e. The number of ether oxygens (including phenoxy) is 1. The molecule has 0 aliphatic carbocycles. The van der Waals surface area contributed by atoms with Gasteiger partial charge in [-0.3, -0.25) is 0 Å². The van der Waals surface area contributed by atoms with Gasteiger partial charge in [-0.25, -0.2) is 13.8 Å². The molecule has 1 aliphatic rings. The summed E-state index contributed by atoms with van der Waals surface area (Å²) in [5.41, 5.74) is 0. The highest BCUT2D eigenvalue weighted by Crippen LogP contribution is 2.24. The van der Waals surface area contributed by atoms with E-state index in [9.17, 15) is 8.78 Å². The predicted molar refractivity (Wildman–Crippen MR) is 65.9 cm³/mol. The van der Waals surface area contributed by atoms with E-state index in [0.717, 1.165) is 12.5 Å². The number of nitrogens with one attached hydrogen (secondary N) is 1. The molecule has 1 atom stereocenters. The Morgan fingerprint density at radius 3 is 2.94 bits per heavy atom. The molecule has 0 aromatic carbocycles. The summed E-state index contributed by atoms with van der Waals surface area (Å²) in [5, 5.41) is 2.62. The fourth-order valence-corrected chi connectivity index (χ4v) is 2.01. The zero-order valence-corrected chi connectivity index (χ0v) is 10.5. The van der Waals surface area contributed by atoms with Crippen LogP contribution in [0, 0.1) is 11.6 Å². The maximum absolute atomic E-state index is 13.8. The third-order valence-corrected chi connectivity index (χ3v) is 3.04. The molecule has 1 fully saturated rings. The van der Waals surface area contributed by atoms with Gasteiger partial charge in [-0.05, 0) is 6.42 Å². The summed E-state index contributed by atoms with van der Waals surface area (Å²) in [7, 11) is 1.56. The fourth-order valence-electron chi connectivity index (χ4n) is 2.01. The Hall–Kier alpha value is -1.43. The van der Waals surface area contributed by atoms with Crippen LogP contribution in [0.4, 0.5) is 20.4 Å². The number of rotatable bonds is 3. The second-order valence-corrected chi connectivity index (χ2v) is 4.22. The molecule has 2 heterocycles. The van der Waals surface area contributed by atoms with Crippen LogP contribution in [0.25, 0.3) is 0 Å². The number of hydrogen-bond donors (Lipinski definition) is 1. The van der Waals surface area contributed by atoms with Crippen molar-refractivity contribution >= 4 is 11.6 Å². The summed E-state index contributed by atoms with van der Waals surface area (Å²) in [6.45, 7) is 3.69. The topological polar surface area (TPSA) is 37.4 Å². The molecule has 1 aromatic heterocycles. The lowest BCUT2D eigenvalue weighted by Crippen LogP contribution is -2.43. The number of hydrogen-bond acceptors (Lipinski definition) is 4. The van der Waals surface area contributed by atoms with Crippen LogP contribution in [0.5, 0.6) is 0 Å². The van der Waals surface area contributed by atoms with Gasteiger partial charge in [0.2, 0.25) is 0 Å². The summed E-state index contributed by atoms with van der Waals surface area (Å²) in [6.07, 6.45) is 0.932. The highest BCUT2D eigenvalue weighted by atomic mass is 19.1. The minimum absolute atomic E-state index is 0.0611. The van der Waals surface area contributed by atoms with E-state index in [1.807, 2.05) is 6.92 Å². The summed E-state index contributed by atoms with van der Waals surface area (Å²) < 4.78 is 32.6. The van der Waals surface area contributed by atoms with Crippen molar-refractivity contribution in [1.29, 1.82) is 0 Å². The van der Waals surface area contributed by atoms with Gasteiger partial charge in [-0.2, -0.15) is 0 Å². The first kappa shape index (κ1) is 13.0. The minimum atomic E-state index is -0.681. The average Bonchev–Trinajstić information content (AvgIpc) is 2.39. The Bertz CT molecular complexity index is 428. The Kier molecular flexibility index (Phi) is 3.96. The zero-order valence-electron chi connectivity index (χ0n) is 10.5. The largest absolute Gasteiger partial charge is 0.375 e. The molecule has 18 heavy (non-hydrogen) atoms. The van der Waals surface area contributed by atoms with Gasteiger partial charge >= 0.3 is 0 Å². The first-order valence-corrected chi connectivity index (χ1v) is 6.06. The molecule has 0 radical (unpaired) electrons. The number of anilines is 2. The van der Waals surface area contributed by atoms with E-state index < -0.39 is 11.6 Å². The molecule has 100 valence electrons. The third-order valence-electron chi connectivity index (χ3n) is 3.04. The van der Waals surface area contributed by atoms with Gasteiger partial charge in [-0.1, -0.05) is 6.92 Å². The van der Waals surface area contributed by atoms with Gasteiger partial charge in [0.05, 0.1) is 12.7 Å². The molecule has 0 saturated carbocycles. The Labute approximate surface area is 105 Å². The Balaban J connectivity index is 2.26. The Morgan fingerprint density at radius 1 is 1.50 bits per heavy atom. The van der Waals surface area contributed by atoms with Crippen LogP contribution in [-0.4, -0.2) is 37.8 Å². The molecule has 6 heteroatoms. The van der Waals surface area contributed by atoms with Crippen molar-refractivity contribution in [2.45, 2.75) is 19.4 Å². The van der Waals surface area contributed by atoms with Crippen LogP contribution in [0.1, 0.15) is 13.3 Å². The highest BCUT2D eigenvalue weighted by molar-refractivity contribution is 5.49. The molecule has 0 bridgehead atoms. The van der Waals surface area contributed by atoms with Crippen molar-refractivity contribution in [2.24, 2.45) is 0 Å². The summed E-state index contributed by atoms with van der Waals surface area (Å²) in [6, 6.07) is 0.866. The highest BCUT2D eigenvalue weighted by Gasteiger charge is 2.23. The molecule has 1 N–H and O–H groups in total. The predicted octanol–water partition coefficient (Wildman–Crippen LogP) is 2.02. The fraction of sp³-hybridized carbons (Fsp3) is 0.583. The molecule has 1 aliphatic heterocycles. The van der Waals surface area contributed by atoms with Crippen LogP contribution in [0.2, 0.25) is 0 Å². The van der Waals surface area contributed by atoms with E-state index >= 15 is 0 Å². The van der Waals surface area contributed by atoms with Crippen molar-refractivity contribution in [3.05, 3.63) is 17.7 Å². The SMILES string of the molecule is CCC1CN(c2nc(NC)c(F)cc2F)CCO1. The first-order valence-electron chi connectivity index (χ1n) is 6.06. The van der Waals surface area contributed by atoms with Crippen molar-refractivity contribution in [2.75, 3.05) is 37.0 Å². The van der Waals surface area contributed by atoms with E-state index in [2.05, 4.69) is 10.3 Å². The van der Waals surface area contributed by atoms with E-state index in [0.29, 0.717) is 19.7 Å². The van der Waals surface area contributed by atoms with E-state index in [1.54, 1.807) is 11.9 Å². The van der Waals surface area contributed by atoms with Gasteiger partial charge < -0.3 is 15.0 Å². The van der Waals surface area contributed by atoms with E-state index in [4.69, 9.17) is 4.74 Å². The molecule has 0 amide bonds. The smallest absolute Gasteiger partial charge is 0.168 e. The van der Waals surface area contributed by atoms with Crippen molar-refractivity contribution in [1.82, 2.24) is 4.98 Å². The van der Waals surface area contributed by atoms with Crippen molar-refractivity contribution in [3.63, 3.8) is 0 Å². The quantitative estimate of drug-likeness (QED) is 0.899. The number of morpholine rings is 1. The van der Waals surface area contributed by atoms with E-state index in [1.165, 1.54) is 0 Å². The van der Waals surface area contributed by atoms with Crippen molar-refractivity contribution < 1.29 is 13.5 Å². The second-order valence-electron chi connectivity index (χ2n) is 4.22. The Morgan fingerprint density at radius 2 is 2.28 bits per heavy atom. The molecule has 1 unspecified atom stereocenters. The van der Waals surface area contributed by atoms with Gasteiger partial charge in [0.15, 0.2) is 23.3 Å². The van der Waals surface area contributed by atoms with Gasteiger partial charge in [0.1, 0.15) is 0 Å². The normalized spacial score (nSPS) is 20.0. The summed E-state index contributed by atoms with van der Waals surface area (Å²) in [4.78, 5) is 5.79. The molecule has 0 spiro atoms. The van der Waals surface area contributed by atoms with Crippen LogP contribution >= 0.6 is 0 Å². The third kappa shape index (κ3) is 2.53. The maximum atomic E-state index is 13.8. The lowest BCUT2D eigenvalue weighted by molar-refractivity contribution is 0.0379. The molecule has 1 aromatic rings. The summed E-state index contributed by atoms with van der Waals surface area (Å²) in [5.74, 6) is -1.07. The number of halogens is 2. The zero-order chi connectivity index (χ0) is 13.1. The van der Waals surface area contributed by atoms with Gasteiger partial charge in [-0.15, -0.1) is 0 Å². The molecule has 2 rings (SSSR count). The van der Waals surface area contributed by atoms with Crippen LogP contribution in [0.15, 0.2) is 6.07 Å². The summed E-state index contributed by atoms with van der Waals surface area (Å²) >= 11 is 0. The van der Waals surface area contributed by atoms with Crippen LogP contribution in [0.3, 0.4) is 0 Å². The monoisotopic (exact) mass is 257 g/mol. The second kappa shape index (κ2) is 5.48. The molecular formula is C12H17F2N3O. The van der Waals surface area contributed by atoms with E-state index in [-0.39, 0.29) is 17.7 Å².